The van der Waals surface area contributed by atoms with Gasteiger partial charge in [0.1, 0.15) is 5.52 Å². The van der Waals surface area contributed by atoms with Gasteiger partial charge in [0.05, 0.1) is 0 Å². The van der Waals surface area contributed by atoms with Crippen molar-refractivity contribution >= 4 is 11.1 Å². The average molecular weight is 272 g/mol. The van der Waals surface area contributed by atoms with E-state index in [2.05, 4.69) is 23.2 Å². The normalized spacial score (nSPS) is 10.9. The number of para-hydroxylation sites is 1. The molecule has 0 saturated heterocycles. The monoisotopic (exact) mass is 272 g/mol. The summed E-state index contributed by atoms with van der Waals surface area (Å²) in [5.74, 6) is 0.661. The molecule has 0 aliphatic carbocycles. The second-order valence-electron chi connectivity index (χ2n) is 4.90. The topological polar surface area (TPSA) is 26.0 Å². The van der Waals surface area contributed by atoms with Crippen molar-refractivity contribution in [3.05, 3.63) is 78.9 Å². The van der Waals surface area contributed by atoms with Crippen LogP contribution in [-0.2, 0) is 0 Å². The van der Waals surface area contributed by atoms with Gasteiger partial charge in [-0.2, -0.15) is 0 Å². The van der Waals surface area contributed by atoms with E-state index in [1.807, 2.05) is 60.7 Å². The van der Waals surface area contributed by atoms with Crippen LogP contribution in [0.25, 0.3) is 33.7 Å². The van der Waals surface area contributed by atoms with E-state index >= 15 is 0 Å². The standard InChI is InChI=1S/C19H13NO/c1-3-8-14(9-4-1)16-12-7-13-17-18(16)21-19(20-17)15-10-5-2-6-11-15/h1-13H/i19+1. The first-order chi connectivity index (χ1) is 10.4. The highest BCUT2D eigenvalue weighted by molar-refractivity contribution is 5.91. The van der Waals surface area contributed by atoms with E-state index in [0.29, 0.717) is 5.89 Å². The van der Waals surface area contributed by atoms with Crippen molar-refractivity contribution in [1.82, 2.24) is 4.98 Å². The van der Waals surface area contributed by atoms with Gasteiger partial charge in [-0.05, 0) is 23.8 Å². The zero-order valence-corrected chi connectivity index (χ0v) is 11.4. The number of oxazole rings is 1. The maximum absolute atomic E-state index is 6.03. The second kappa shape index (κ2) is 4.91. The summed E-state index contributed by atoms with van der Waals surface area (Å²) in [7, 11) is 0. The minimum atomic E-state index is 0.661. The Morgan fingerprint density at radius 2 is 1.29 bits per heavy atom. The molecule has 100 valence electrons. The minimum Gasteiger partial charge on any atom is -0.435 e. The molecule has 4 rings (SSSR count). The molecule has 0 radical (unpaired) electrons. The molecule has 0 amide bonds. The van der Waals surface area contributed by atoms with E-state index in [-0.39, 0.29) is 0 Å². The Morgan fingerprint density at radius 1 is 0.619 bits per heavy atom. The molecule has 21 heavy (non-hydrogen) atoms. The predicted octanol–water partition coefficient (Wildman–Crippen LogP) is 5.16. The second-order valence-corrected chi connectivity index (χ2v) is 4.90. The van der Waals surface area contributed by atoms with E-state index in [1.54, 1.807) is 0 Å². The highest BCUT2D eigenvalue weighted by Crippen LogP contribution is 2.32. The summed E-state index contributed by atoms with van der Waals surface area (Å²) in [5.41, 5.74) is 4.92. The lowest BCUT2D eigenvalue weighted by Gasteiger charge is -2.00. The molecule has 0 atom stereocenters. The van der Waals surface area contributed by atoms with Gasteiger partial charge in [-0.3, -0.25) is 0 Å². The van der Waals surface area contributed by atoms with Crippen molar-refractivity contribution in [3.63, 3.8) is 0 Å². The van der Waals surface area contributed by atoms with Crippen molar-refractivity contribution in [1.29, 1.82) is 0 Å². The average Bonchev–Trinajstić information content (AvgIpc) is 3.00. The Hall–Kier alpha value is -2.87. The number of aromatic nitrogens is 1. The van der Waals surface area contributed by atoms with Gasteiger partial charge in [-0.25, -0.2) is 4.98 Å². The van der Waals surface area contributed by atoms with Crippen molar-refractivity contribution in [2.24, 2.45) is 0 Å². The molecule has 0 bridgehead atoms. The van der Waals surface area contributed by atoms with Gasteiger partial charge >= 0.3 is 0 Å². The fourth-order valence-corrected chi connectivity index (χ4v) is 2.50. The molecule has 4 aromatic rings. The van der Waals surface area contributed by atoms with Gasteiger partial charge < -0.3 is 4.42 Å². The van der Waals surface area contributed by atoms with E-state index in [4.69, 9.17) is 4.42 Å². The molecule has 0 saturated carbocycles. The molecule has 0 aliphatic heterocycles. The number of hydrogen-bond donors (Lipinski definition) is 0. The molecule has 0 fully saturated rings. The van der Waals surface area contributed by atoms with Crippen molar-refractivity contribution < 1.29 is 4.42 Å². The molecule has 2 nitrogen and oxygen atoms in total. The number of benzene rings is 3. The summed E-state index contributed by atoms with van der Waals surface area (Å²) in [6.07, 6.45) is 0. The minimum absolute atomic E-state index is 0.661. The first-order valence-corrected chi connectivity index (χ1v) is 6.92. The van der Waals surface area contributed by atoms with Crippen LogP contribution in [0.1, 0.15) is 0 Å². The third-order valence-electron chi connectivity index (χ3n) is 3.52. The Bertz CT molecular complexity index is 879. The van der Waals surface area contributed by atoms with Gasteiger partial charge in [0, 0.05) is 11.1 Å². The van der Waals surface area contributed by atoms with Gasteiger partial charge in [-0.15, -0.1) is 0 Å². The van der Waals surface area contributed by atoms with E-state index in [9.17, 15) is 0 Å². The van der Waals surface area contributed by atoms with Gasteiger partial charge in [-0.1, -0.05) is 60.7 Å². The quantitative estimate of drug-likeness (QED) is 0.503. The van der Waals surface area contributed by atoms with Crippen LogP contribution in [-0.4, -0.2) is 4.98 Å². The molecule has 0 N–H and O–H groups in total. The van der Waals surface area contributed by atoms with Crippen LogP contribution < -0.4 is 0 Å². The van der Waals surface area contributed by atoms with Crippen LogP contribution in [0, 0.1) is 0 Å². The van der Waals surface area contributed by atoms with Crippen LogP contribution in [0.3, 0.4) is 0 Å². The fourth-order valence-electron chi connectivity index (χ4n) is 2.50. The van der Waals surface area contributed by atoms with Crippen molar-refractivity contribution in [2.45, 2.75) is 0 Å². The molecule has 0 unspecified atom stereocenters. The lowest BCUT2D eigenvalue weighted by Crippen LogP contribution is -1.77. The molecule has 0 aliphatic rings. The van der Waals surface area contributed by atoms with Crippen LogP contribution in [0.15, 0.2) is 83.3 Å². The number of nitrogens with zero attached hydrogens (tertiary/aromatic N) is 1. The zero-order valence-electron chi connectivity index (χ0n) is 11.4. The molecule has 0 spiro atoms. The van der Waals surface area contributed by atoms with Crippen LogP contribution >= 0.6 is 0 Å². The van der Waals surface area contributed by atoms with Gasteiger partial charge in [0.15, 0.2) is 5.58 Å². The first kappa shape index (κ1) is 11.9. The number of fused-ring (bicyclic) bond motifs is 1. The molecule has 1 aromatic heterocycles. The molecule has 2 heteroatoms. The Labute approximate surface area is 122 Å². The summed E-state index contributed by atoms with van der Waals surface area (Å²) in [6.45, 7) is 0. The van der Waals surface area contributed by atoms with Gasteiger partial charge in [0.2, 0.25) is 5.89 Å². The third kappa shape index (κ3) is 2.11. The maximum Gasteiger partial charge on any atom is 0.227 e. The largest absolute Gasteiger partial charge is 0.435 e. The first-order valence-electron chi connectivity index (χ1n) is 6.92. The SMILES string of the molecule is c1ccc(-c2cccc3n[13c](-c4ccccc4)oc23)cc1. The third-order valence-corrected chi connectivity index (χ3v) is 3.52. The summed E-state index contributed by atoms with van der Waals surface area (Å²) in [6, 6.07) is 26.3. The Morgan fingerprint density at radius 3 is 2.00 bits per heavy atom. The molecular formula is C19H13NO. The molecule has 3 aromatic carbocycles. The van der Waals surface area contributed by atoms with E-state index in [1.165, 1.54) is 0 Å². The highest BCUT2D eigenvalue weighted by atomic mass is 16.4. The lowest BCUT2D eigenvalue weighted by atomic mass is 10.1. The fraction of sp³-hybridized carbons (Fsp3) is 0. The number of rotatable bonds is 2. The van der Waals surface area contributed by atoms with Crippen LogP contribution in [0.5, 0.6) is 0 Å². The van der Waals surface area contributed by atoms with Gasteiger partial charge in [0.25, 0.3) is 0 Å². The van der Waals surface area contributed by atoms with E-state index < -0.39 is 0 Å². The lowest BCUT2D eigenvalue weighted by molar-refractivity contribution is 0.621. The van der Waals surface area contributed by atoms with Crippen molar-refractivity contribution in [2.75, 3.05) is 0 Å². The summed E-state index contributed by atoms with van der Waals surface area (Å²) in [5, 5.41) is 0. The Kier molecular flexibility index (Phi) is 2.79. The van der Waals surface area contributed by atoms with Crippen LogP contribution in [0.4, 0.5) is 0 Å². The summed E-state index contributed by atoms with van der Waals surface area (Å²) < 4.78 is 6.03. The molecular weight excluding hydrogens is 259 g/mol. The van der Waals surface area contributed by atoms with Crippen LogP contribution in [0.2, 0.25) is 0 Å². The summed E-state index contributed by atoms with van der Waals surface area (Å²) >= 11 is 0. The van der Waals surface area contributed by atoms with Crippen molar-refractivity contribution in [3.8, 4) is 22.6 Å². The highest BCUT2D eigenvalue weighted by Gasteiger charge is 2.12. The maximum atomic E-state index is 6.03. The molecule has 1 heterocycles. The number of hydrogen-bond acceptors (Lipinski definition) is 2. The predicted molar refractivity (Wildman–Crippen MR) is 84.9 cm³/mol. The Balaban J connectivity index is 1.93. The zero-order chi connectivity index (χ0) is 14.1. The smallest absolute Gasteiger partial charge is 0.227 e. The van der Waals surface area contributed by atoms with E-state index in [0.717, 1.165) is 27.8 Å². The summed E-state index contributed by atoms with van der Waals surface area (Å²) in [4.78, 5) is 4.60.